The SMILES string of the molecule is CC(CCNC(=O)CC1CCNCC1)C(=O)O. The van der Waals surface area contributed by atoms with E-state index >= 15 is 0 Å². The van der Waals surface area contributed by atoms with Crippen LogP contribution in [0.5, 0.6) is 0 Å². The van der Waals surface area contributed by atoms with Crippen LogP contribution in [0.25, 0.3) is 0 Å². The minimum absolute atomic E-state index is 0.0505. The molecule has 0 aliphatic carbocycles. The van der Waals surface area contributed by atoms with E-state index < -0.39 is 11.9 Å². The van der Waals surface area contributed by atoms with E-state index in [4.69, 9.17) is 5.11 Å². The lowest BCUT2D eigenvalue weighted by Crippen LogP contribution is -2.33. The second-order valence-corrected chi connectivity index (χ2v) is 4.78. The Morgan fingerprint density at radius 1 is 1.41 bits per heavy atom. The van der Waals surface area contributed by atoms with Gasteiger partial charge in [-0.05, 0) is 38.3 Å². The molecule has 3 N–H and O–H groups in total. The molecule has 1 aliphatic heterocycles. The maximum absolute atomic E-state index is 11.6. The van der Waals surface area contributed by atoms with Gasteiger partial charge in [0.15, 0.2) is 0 Å². The molecule has 5 heteroatoms. The average molecular weight is 242 g/mol. The van der Waals surface area contributed by atoms with Gasteiger partial charge in [0.25, 0.3) is 0 Å². The fourth-order valence-corrected chi connectivity index (χ4v) is 1.97. The Balaban J connectivity index is 2.10. The van der Waals surface area contributed by atoms with Crippen LogP contribution < -0.4 is 10.6 Å². The number of carboxylic acid groups (broad SMARTS) is 1. The quantitative estimate of drug-likeness (QED) is 0.637. The third-order valence-corrected chi connectivity index (χ3v) is 3.25. The molecule has 1 amide bonds. The fraction of sp³-hybridized carbons (Fsp3) is 0.833. The van der Waals surface area contributed by atoms with Gasteiger partial charge < -0.3 is 15.7 Å². The highest BCUT2D eigenvalue weighted by Gasteiger charge is 2.17. The van der Waals surface area contributed by atoms with Crippen LogP contribution in [0.15, 0.2) is 0 Å². The van der Waals surface area contributed by atoms with Crippen LogP contribution in [0.2, 0.25) is 0 Å². The summed E-state index contributed by atoms with van der Waals surface area (Å²) in [5.74, 6) is -0.672. The van der Waals surface area contributed by atoms with Crippen LogP contribution >= 0.6 is 0 Å². The van der Waals surface area contributed by atoms with Gasteiger partial charge in [-0.1, -0.05) is 6.92 Å². The molecule has 0 aromatic rings. The van der Waals surface area contributed by atoms with Gasteiger partial charge in [-0.15, -0.1) is 0 Å². The summed E-state index contributed by atoms with van der Waals surface area (Å²) < 4.78 is 0. The lowest BCUT2D eigenvalue weighted by Gasteiger charge is -2.22. The molecule has 17 heavy (non-hydrogen) atoms. The zero-order valence-corrected chi connectivity index (χ0v) is 10.4. The summed E-state index contributed by atoms with van der Waals surface area (Å²) in [4.78, 5) is 22.2. The van der Waals surface area contributed by atoms with E-state index in [1.54, 1.807) is 6.92 Å². The Labute approximate surface area is 102 Å². The minimum atomic E-state index is -0.808. The number of carboxylic acids is 1. The number of piperidine rings is 1. The first kappa shape index (κ1) is 14.0. The van der Waals surface area contributed by atoms with Crippen LogP contribution in [0, 0.1) is 11.8 Å². The minimum Gasteiger partial charge on any atom is -0.481 e. The summed E-state index contributed by atoms with van der Waals surface area (Å²) in [5, 5.41) is 14.7. The maximum Gasteiger partial charge on any atom is 0.306 e. The molecule has 1 rings (SSSR count). The second kappa shape index (κ2) is 7.27. The van der Waals surface area contributed by atoms with Crippen molar-refractivity contribution in [3.05, 3.63) is 0 Å². The molecule has 1 aliphatic rings. The number of hydrogen-bond acceptors (Lipinski definition) is 3. The number of nitrogens with one attached hydrogen (secondary N) is 2. The van der Waals surface area contributed by atoms with Gasteiger partial charge in [-0.3, -0.25) is 9.59 Å². The van der Waals surface area contributed by atoms with Crippen molar-refractivity contribution in [1.29, 1.82) is 0 Å². The summed E-state index contributed by atoms with van der Waals surface area (Å²) >= 11 is 0. The van der Waals surface area contributed by atoms with E-state index in [-0.39, 0.29) is 5.91 Å². The predicted octanol–water partition coefficient (Wildman–Crippen LogP) is 0.603. The van der Waals surface area contributed by atoms with Crippen molar-refractivity contribution in [1.82, 2.24) is 10.6 Å². The van der Waals surface area contributed by atoms with Crippen molar-refractivity contribution in [3.8, 4) is 0 Å². The highest BCUT2D eigenvalue weighted by Crippen LogP contribution is 2.15. The molecular formula is C12H22N2O3. The molecule has 0 saturated carbocycles. The first-order valence-electron chi connectivity index (χ1n) is 6.30. The first-order valence-corrected chi connectivity index (χ1v) is 6.30. The monoisotopic (exact) mass is 242 g/mol. The van der Waals surface area contributed by atoms with E-state index in [9.17, 15) is 9.59 Å². The van der Waals surface area contributed by atoms with Crippen molar-refractivity contribution in [3.63, 3.8) is 0 Å². The average Bonchev–Trinajstić information content (AvgIpc) is 2.30. The first-order chi connectivity index (χ1) is 8.09. The normalized spacial score (nSPS) is 18.6. The highest BCUT2D eigenvalue weighted by molar-refractivity contribution is 5.76. The van der Waals surface area contributed by atoms with Crippen LogP contribution in [0.1, 0.15) is 32.6 Å². The van der Waals surface area contributed by atoms with Crippen molar-refractivity contribution in [2.75, 3.05) is 19.6 Å². The molecule has 1 saturated heterocycles. The molecule has 0 spiro atoms. The number of carbonyl (C=O) groups excluding carboxylic acids is 1. The molecule has 98 valence electrons. The Morgan fingerprint density at radius 2 is 2.06 bits per heavy atom. The van der Waals surface area contributed by atoms with E-state index in [0.29, 0.717) is 25.3 Å². The van der Waals surface area contributed by atoms with Crippen molar-refractivity contribution >= 4 is 11.9 Å². The Bertz CT molecular complexity index is 262. The molecule has 0 aromatic heterocycles. The predicted molar refractivity (Wildman–Crippen MR) is 64.6 cm³/mol. The van der Waals surface area contributed by atoms with Crippen LogP contribution in [-0.2, 0) is 9.59 Å². The molecule has 1 fully saturated rings. The molecule has 5 nitrogen and oxygen atoms in total. The van der Waals surface area contributed by atoms with Gasteiger partial charge in [0, 0.05) is 13.0 Å². The fourth-order valence-electron chi connectivity index (χ4n) is 1.97. The smallest absolute Gasteiger partial charge is 0.306 e. The number of rotatable bonds is 6. The zero-order valence-electron chi connectivity index (χ0n) is 10.4. The summed E-state index contributed by atoms with van der Waals surface area (Å²) in [7, 11) is 0. The number of amides is 1. The van der Waals surface area contributed by atoms with Gasteiger partial charge in [-0.2, -0.15) is 0 Å². The van der Waals surface area contributed by atoms with Crippen LogP contribution in [-0.4, -0.2) is 36.6 Å². The lowest BCUT2D eigenvalue weighted by molar-refractivity contribution is -0.141. The van der Waals surface area contributed by atoms with Gasteiger partial charge >= 0.3 is 5.97 Å². The Kier molecular flexibility index (Phi) is 5.97. The Hall–Kier alpha value is -1.10. The van der Waals surface area contributed by atoms with Crippen molar-refractivity contribution in [2.45, 2.75) is 32.6 Å². The summed E-state index contributed by atoms with van der Waals surface area (Å²) in [5.41, 5.74) is 0. The summed E-state index contributed by atoms with van der Waals surface area (Å²) in [6.07, 6.45) is 3.17. The second-order valence-electron chi connectivity index (χ2n) is 4.78. The molecule has 1 unspecified atom stereocenters. The summed E-state index contributed by atoms with van der Waals surface area (Å²) in [6.45, 7) is 4.10. The van der Waals surface area contributed by atoms with Crippen molar-refractivity contribution < 1.29 is 14.7 Å². The molecule has 0 bridgehead atoms. The number of aliphatic carboxylic acids is 1. The van der Waals surface area contributed by atoms with E-state index in [2.05, 4.69) is 10.6 Å². The van der Waals surface area contributed by atoms with Gasteiger partial charge in [0.05, 0.1) is 5.92 Å². The third-order valence-electron chi connectivity index (χ3n) is 3.25. The standard InChI is InChI=1S/C12H22N2O3/c1-9(12(16)17)2-7-14-11(15)8-10-3-5-13-6-4-10/h9-10,13H,2-8H2,1H3,(H,14,15)(H,16,17). The molecule has 0 aromatic carbocycles. The van der Waals surface area contributed by atoms with E-state index in [1.807, 2.05) is 0 Å². The van der Waals surface area contributed by atoms with Crippen molar-refractivity contribution in [2.24, 2.45) is 11.8 Å². The number of hydrogen-bond donors (Lipinski definition) is 3. The molecule has 1 heterocycles. The van der Waals surface area contributed by atoms with Crippen LogP contribution in [0.4, 0.5) is 0 Å². The van der Waals surface area contributed by atoms with E-state index in [0.717, 1.165) is 25.9 Å². The topological polar surface area (TPSA) is 78.4 Å². The van der Waals surface area contributed by atoms with E-state index in [1.165, 1.54) is 0 Å². The van der Waals surface area contributed by atoms with Gasteiger partial charge in [-0.25, -0.2) is 0 Å². The number of carbonyl (C=O) groups is 2. The van der Waals surface area contributed by atoms with Gasteiger partial charge in [0.2, 0.25) is 5.91 Å². The van der Waals surface area contributed by atoms with Gasteiger partial charge in [0.1, 0.15) is 0 Å². The molecule has 1 atom stereocenters. The lowest BCUT2D eigenvalue weighted by atomic mass is 9.94. The molecular weight excluding hydrogens is 220 g/mol. The summed E-state index contributed by atoms with van der Waals surface area (Å²) in [6, 6.07) is 0. The third kappa shape index (κ3) is 5.68. The Morgan fingerprint density at radius 3 is 2.65 bits per heavy atom. The maximum atomic E-state index is 11.6. The van der Waals surface area contributed by atoms with Crippen LogP contribution in [0.3, 0.4) is 0 Å². The largest absolute Gasteiger partial charge is 0.481 e. The molecule has 0 radical (unpaired) electrons. The zero-order chi connectivity index (χ0) is 12.7. The highest BCUT2D eigenvalue weighted by atomic mass is 16.4.